The molecule has 0 radical (unpaired) electrons. The fraction of sp³-hybridized carbons (Fsp3) is 0.409. The Bertz CT molecular complexity index is 934. The van der Waals surface area contributed by atoms with Crippen molar-refractivity contribution in [2.24, 2.45) is 23.2 Å². The fourth-order valence-electron chi connectivity index (χ4n) is 4.84. The Hall–Kier alpha value is -2.69. The first-order valence-electron chi connectivity index (χ1n) is 9.20. The maximum atomic E-state index is 13.4. The third kappa shape index (κ3) is 2.73. The highest BCUT2D eigenvalue weighted by Gasteiger charge is 2.52. The van der Waals surface area contributed by atoms with Gasteiger partial charge >= 0.3 is 5.97 Å². The van der Waals surface area contributed by atoms with Gasteiger partial charge in [-0.1, -0.05) is 37.6 Å². The molecule has 0 spiro atoms. The molecule has 0 unspecified atom stereocenters. The molecule has 0 saturated heterocycles. The normalized spacial score (nSPS) is 28.3. The molecule has 3 aliphatic rings. The van der Waals surface area contributed by atoms with Crippen LogP contribution in [0.2, 0.25) is 0 Å². The van der Waals surface area contributed by atoms with Crippen LogP contribution in [0.25, 0.3) is 0 Å². The molecule has 0 aliphatic heterocycles. The minimum absolute atomic E-state index is 0.0945. The van der Waals surface area contributed by atoms with Crippen molar-refractivity contribution in [3.63, 3.8) is 0 Å². The Morgan fingerprint density at radius 2 is 1.96 bits per heavy atom. The monoisotopic (exact) mass is 366 g/mol. The van der Waals surface area contributed by atoms with Crippen LogP contribution < -0.4 is 0 Å². The van der Waals surface area contributed by atoms with E-state index in [-0.39, 0.29) is 33.9 Å². The quantitative estimate of drug-likeness (QED) is 0.603. The maximum Gasteiger partial charge on any atom is 0.307 e. The number of allylic oxidation sites excluding steroid dienone is 3. The van der Waals surface area contributed by atoms with Gasteiger partial charge in [-0.3, -0.25) is 14.4 Å². The summed E-state index contributed by atoms with van der Waals surface area (Å²) in [5.74, 6) is -2.15. The van der Waals surface area contributed by atoms with Gasteiger partial charge in [0.25, 0.3) is 0 Å². The molecule has 3 aliphatic carbocycles. The SMILES string of the molecule is CC(=O)OC1=CC(C)(C)CC2=CC[C@@H]3C(=O)c4cccc(O)c4C(=O)[C@@H]3[C@@H]21. The number of fused-ring (bicyclic) bond motifs is 4. The average Bonchev–Trinajstić information content (AvgIpc) is 2.57. The average molecular weight is 366 g/mol. The van der Waals surface area contributed by atoms with Crippen molar-refractivity contribution in [2.75, 3.05) is 0 Å². The second kappa shape index (κ2) is 5.91. The highest BCUT2D eigenvalue weighted by atomic mass is 16.5. The van der Waals surface area contributed by atoms with Crippen LogP contribution in [-0.2, 0) is 9.53 Å². The molecule has 27 heavy (non-hydrogen) atoms. The number of carbonyl (C=O) groups is 3. The molecule has 3 atom stereocenters. The van der Waals surface area contributed by atoms with Crippen LogP contribution in [0.5, 0.6) is 5.75 Å². The summed E-state index contributed by atoms with van der Waals surface area (Å²) in [4.78, 5) is 38.1. The standard InChI is InChI=1S/C22H22O5/c1-11(23)27-16-10-22(2,3)9-12-7-8-14-19(17(12)16)21(26)18-13(20(14)25)5-4-6-15(18)24/h4-7,10,14,17,19,24H,8-9H2,1-3H3/t14-,17-,19-/m0/s1. The third-order valence-corrected chi connectivity index (χ3v) is 5.78. The van der Waals surface area contributed by atoms with Crippen molar-refractivity contribution in [3.05, 3.63) is 52.8 Å². The highest BCUT2D eigenvalue weighted by Crippen LogP contribution is 2.52. The van der Waals surface area contributed by atoms with Crippen LogP contribution in [-0.4, -0.2) is 22.6 Å². The van der Waals surface area contributed by atoms with E-state index < -0.39 is 23.7 Å². The number of aromatic hydroxyl groups is 1. The van der Waals surface area contributed by atoms with E-state index in [1.165, 1.54) is 13.0 Å². The lowest BCUT2D eigenvalue weighted by Gasteiger charge is -2.44. The molecule has 0 bridgehead atoms. The molecule has 140 valence electrons. The summed E-state index contributed by atoms with van der Waals surface area (Å²) in [5, 5.41) is 10.2. The summed E-state index contributed by atoms with van der Waals surface area (Å²) >= 11 is 0. The van der Waals surface area contributed by atoms with E-state index >= 15 is 0 Å². The number of carbonyl (C=O) groups excluding carboxylic acids is 3. The molecular weight excluding hydrogens is 344 g/mol. The van der Waals surface area contributed by atoms with Gasteiger partial charge in [-0.2, -0.15) is 0 Å². The molecular formula is C22H22O5. The lowest BCUT2D eigenvalue weighted by Crippen LogP contribution is -2.46. The van der Waals surface area contributed by atoms with Crippen molar-refractivity contribution in [1.29, 1.82) is 0 Å². The van der Waals surface area contributed by atoms with E-state index in [0.717, 1.165) is 12.0 Å². The number of rotatable bonds is 1. The molecule has 0 saturated carbocycles. The van der Waals surface area contributed by atoms with E-state index in [0.29, 0.717) is 12.2 Å². The van der Waals surface area contributed by atoms with E-state index in [9.17, 15) is 19.5 Å². The summed E-state index contributed by atoms with van der Waals surface area (Å²) in [6.07, 6.45) is 5.15. The Kier molecular flexibility index (Phi) is 3.88. The predicted octanol–water partition coefficient (Wildman–Crippen LogP) is 3.83. The number of hydrogen-bond acceptors (Lipinski definition) is 5. The molecule has 5 nitrogen and oxygen atoms in total. The first kappa shape index (κ1) is 17.7. The van der Waals surface area contributed by atoms with Gasteiger partial charge in [-0.05, 0) is 30.4 Å². The van der Waals surface area contributed by atoms with E-state index in [4.69, 9.17) is 4.74 Å². The van der Waals surface area contributed by atoms with Gasteiger partial charge in [-0.25, -0.2) is 0 Å². The number of ether oxygens (including phenoxy) is 1. The molecule has 4 rings (SSSR count). The van der Waals surface area contributed by atoms with Gasteiger partial charge in [0.2, 0.25) is 0 Å². The number of phenolic OH excluding ortho intramolecular Hbond substituents is 1. The van der Waals surface area contributed by atoms with Crippen molar-refractivity contribution < 1.29 is 24.2 Å². The van der Waals surface area contributed by atoms with Gasteiger partial charge in [0.05, 0.1) is 5.56 Å². The highest BCUT2D eigenvalue weighted by molar-refractivity contribution is 6.17. The zero-order chi connectivity index (χ0) is 19.5. The topological polar surface area (TPSA) is 80.7 Å². The lowest BCUT2D eigenvalue weighted by atomic mass is 9.58. The third-order valence-electron chi connectivity index (χ3n) is 5.78. The number of esters is 1. The number of ketones is 2. The van der Waals surface area contributed by atoms with Gasteiger partial charge in [-0.15, -0.1) is 0 Å². The second-order valence-electron chi connectivity index (χ2n) is 8.36. The Morgan fingerprint density at radius 3 is 2.67 bits per heavy atom. The molecule has 1 N–H and O–H groups in total. The molecule has 0 heterocycles. The van der Waals surface area contributed by atoms with Crippen molar-refractivity contribution in [3.8, 4) is 5.75 Å². The summed E-state index contributed by atoms with van der Waals surface area (Å²) in [5.41, 5.74) is 1.20. The summed E-state index contributed by atoms with van der Waals surface area (Å²) in [7, 11) is 0. The van der Waals surface area contributed by atoms with E-state index in [1.807, 2.05) is 12.2 Å². The number of Topliss-reactive ketones (excluding diaryl/α,β-unsaturated/α-hetero) is 2. The minimum atomic E-state index is -0.653. The zero-order valence-corrected chi connectivity index (χ0v) is 15.6. The number of phenols is 1. The second-order valence-corrected chi connectivity index (χ2v) is 8.36. The predicted molar refractivity (Wildman–Crippen MR) is 98.2 cm³/mol. The van der Waals surface area contributed by atoms with Gasteiger partial charge in [0, 0.05) is 30.2 Å². The van der Waals surface area contributed by atoms with Crippen LogP contribution in [0.3, 0.4) is 0 Å². The van der Waals surface area contributed by atoms with Crippen molar-refractivity contribution in [2.45, 2.75) is 33.6 Å². The summed E-state index contributed by atoms with van der Waals surface area (Å²) in [6, 6.07) is 4.60. The molecule has 0 amide bonds. The number of hydrogen-bond donors (Lipinski definition) is 1. The Labute approximate surface area is 157 Å². The first-order chi connectivity index (χ1) is 12.7. The van der Waals surface area contributed by atoms with Gasteiger partial charge in [0.1, 0.15) is 11.5 Å². The minimum Gasteiger partial charge on any atom is -0.507 e. The fourth-order valence-corrected chi connectivity index (χ4v) is 4.84. The largest absolute Gasteiger partial charge is 0.507 e. The number of benzene rings is 1. The maximum absolute atomic E-state index is 13.4. The van der Waals surface area contributed by atoms with Gasteiger partial charge in [0.15, 0.2) is 11.6 Å². The summed E-state index contributed by atoms with van der Waals surface area (Å²) < 4.78 is 5.50. The van der Waals surface area contributed by atoms with Crippen LogP contribution in [0.4, 0.5) is 0 Å². The van der Waals surface area contributed by atoms with Crippen molar-refractivity contribution in [1.82, 2.24) is 0 Å². The summed E-state index contributed by atoms with van der Waals surface area (Å²) in [6.45, 7) is 5.43. The first-order valence-corrected chi connectivity index (χ1v) is 9.20. The van der Waals surface area contributed by atoms with Crippen LogP contribution in [0.1, 0.15) is 54.3 Å². The van der Waals surface area contributed by atoms with Crippen molar-refractivity contribution >= 4 is 17.5 Å². The van der Waals surface area contributed by atoms with Gasteiger partial charge < -0.3 is 9.84 Å². The Morgan fingerprint density at radius 1 is 1.22 bits per heavy atom. The Balaban J connectivity index is 1.87. The van der Waals surface area contributed by atoms with Crippen LogP contribution in [0, 0.1) is 23.2 Å². The van der Waals surface area contributed by atoms with Crippen LogP contribution in [0.15, 0.2) is 41.7 Å². The molecule has 5 heteroatoms. The smallest absolute Gasteiger partial charge is 0.307 e. The lowest BCUT2D eigenvalue weighted by molar-refractivity contribution is -0.138. The molecule has 0 fully saturated rings. The molecule has 1 aromatic rings. The molecule has 1 aromatic carbocycles. The molecule has 0 aromatic heterocycles. The van der Waals surface area contributed by atoms with E-state index in [2.05, 4.69) is 13.8 Å². The zero-order valence-electron chi connectivity index (χ0n) is 15.6. The van der Waals surface area contributed by atoms with E-state index in [1.54, 1.807) is 12.1 Å². The van der Waals surface area contributed by atoms with Crippen LogP contribution >= 0.6 is 0 Å².